The van der Waals surface area contributed by atoms with Gasteiger partial charge in [-0.2, -0.15) is 12.6 Å². The summed E-state index contributed by atoms with van der Waals surface area (Å²) in [5.74, 6) is -0.0266. The third-order valence-electron chi connectivity index (χ3n) is 8.69. The van der Waals surface area contributed by atoms with Crippen LogP contribution in [0.3, 0.4) is 0 Å². The number of aliphatic hydroxyl groups is 2. The molecule has 0 bridgehead atoms. The van der Waals surface area contributed by atoms with E-state index in [4.69, 9.17) is 9.47 Å². The largest absolute Gasteiger partial charge is 0.490 e. The van der Waals surface area contributed by atoms with E-state index >= 15 is 0 Å². The highest BCUT2D eigenvalue weighted by molar-refractivity contribution is 7.80. The molecule has 0 amide bonds. The summed E-state index contributed by atoms with van der Waals surface area (Å²) in [5.41, 5.74) is 1.31. The number of rotatable bonds is 8. The number of carbonyl (C=O) groups excluding carboxylic acids is 2. The van der Waals surface area contributed by atoms with Gasteiger partial charge >= 0.3 is 5.97 Å². The molecule has 1 aliphatic heterocycles. The van der Waals surface area contributed by atoms with Crippen molar-refractivity contribution in [3.8, 4) is 0 Å². The minimum Gasteiger partial charge on any atom is -0.490 e. The van der Waals surface area contributed by atoms with Gasteiger partial charge in [0, 0.05) is 23.2 Å². The molecule has 0 aromatic heterocycles. The zero-order valence-corrected chi connectivity index (χ0v) is 21.6. The van der Waals surface area contributed by atoms with Crippen molar-refractivity contribution in [2.45, 2.75) is 71.5 Å². The van der Waals surface area contributed by atoms with E-state index in [1.54, 1.807) is 0 Å². The summed E-state index contributed by atoms with van der Waals surface area (Å²) in [4.78, 5) is 24.1. The zero-order chi connectivity index (χ0) is 25.3. The highest BCUT2D eigenvalue weighted by Gasteiger charge is 2.57. The molecule has 1 heterocycles. The molecule has 3 rings (SSSR count). The molecule has 7 heteroatoms. The van der Waals surface area contributed by atoms with Gasteiger partial charge in [-0.1, -0.05) is 38.7 Å². The van der Waals surface area contributed by atoms with Crippen molar-refractivity contribution in [3.05, 3.63) is 36.1 Å². The Bertz CT molecular complexity index is 865. The fourth-order valence-electron chi connectivity index (χ4n) is 6.56. The third-order valence-corrected chi connectivity index (χ3v) is 9.13. The summed E-state index contributed by atoms with van der Waals surface area (Å²) >= 11 is 4.21. The molecule has 0 aromatic rings. The maximum Gasteiger partial charge on any atom is 0.310 e. The van der Waals surface area contributed by atoms with Crippen LogP contribution in [0.2, 0.25) is 0 Å². The number of fused-ring (bicyclic) bond motifs is 1. The second-order valence-electron chi connectivity index (χ2n) is 10.9. The zero-order valence-electron chi connectivity index (χ0n) is 20.7. The van der Waals surface area contributed by atoms with E-state index in [0.717, 1.165) is 24.8 Å². The molecule has 190 valence electrons. The Labute approximate surface area is 208 Å². The van der Waals surface area contributed by atoms with Crippen LogP contribution in [-0.4, -0.2) is 53.1 Å². The Balaban J connectivity index is 1.80. The first kappa shape index (κ1) is 27.0. The van der Waals surface area contributed by atoms with Crippen LogP contribution in [0.1, 0.15) is 59.3 Å². The average Bonchev–Trinajstić information content (AvgIpc) is 3.13. The molecular weight excluding hydrogens is 452 g/mol. The number of aliphatic hydroxyl groups excluding tert-OH is 2. The van der Waals surface area contributed by atoms with Gasteiger partial charge in [-0.05, 0) is 56.3 Å². The summed E-state index contributed by atoms with van der Waals surface area (Å²) in [5, 5.41) is 20.9. The molecule has 3 unspecified atom stereocenters. The first-order chi connectivity index (χ1) is 16.0. The molecule has 0 radical (unpaired) electrons. The Morgan fingerprint density at radius 2 is 2.03 bits per heavy atom. The Kier molecular flexibility index (Phi) is 8.42. The minimum absolute atomic E-state index is 0.0377. The summed E-state index contributed by atoms with van der Waals surface area (Å²) < 4.78 is 11.4. The van der Waals surface area contributed by atoms with Gasteiger partial charge in [-0.3, -0.25) is 4.79 Å². The van der Waals surface area contributed by atoms with E-state index in [-0.39, 0.29) is 48.4 Å². The van der Waals surface area contributed by atoms with Gasteiger partial charge in [0.05, 0.1) is 18.6 Å². The van der Waals surface area contributed by atoms with Crippen molar-refractivity contribution in [2.75, 3.05) is 19.0 Å². The number of ether oxygens (including phenoxy) is 2. The molecule has 6 nitrogen and oxygen atoms in total. The Morgan fingerprint density at radius 3 is 2.65 bits per heavy atom. The third kappa shape index (κ3) is 5.02. The number of ketones is 1. The van der Waals surface area contributed by atoms with E-state index in [0.29, 0.717) is 18.6 Å². The Morgan fingerprint density at radius 1 is 1.32 bits per heavy atom. The second-order valence-corrected chi connectivity index (χ2v) is 11.2. The molecular formula is C27H40O6S. The van der Waals surface area contributed by atoms with Crippen LogP contribution < -0.4 is 0 Å². The van der Waals surface area contributed by atoms with E-state index in [1.807, 2.05) is 6.92 Å². The van der Waals surface area contributed by atoms with Crippen LogP contribution >= 0.6 is 12.6 Å². The van der Waals surface area contributed by atoms with Gasteiger partial charge in [0.15, 0.2) is 6.10 Å². The summed E-state index contributed by atoms with van der Waals surface area (Å²) in [6.45, 7) is 14.3. The number of thiol groups is 1. The molecule has 3 aliphatic rings. The normalized spacial score (nSPS) is 37.8. The van der Waals surface area contributed by atoms with Gasteiger partial charge in [0.25, 0.3) is 0 Å². The summed E-state index contributed by atoms with van der Waals surface area (Å²) in [6.07, 6.45) is 5.07. The van der Waals surface area contributed by atoms with Crippen LogP contribution in [-0.2, 0) is 19.1 Å². The van der Waals surface area contributed by atoms with Gasteiger partial charge in [-0.25, -0.2) is 0 Å². The summed E-state index contributed by atoms with van der Waals surface area (Å²) in [7, 11) is 0. The van der Waals surface area contributed by atoms with Gasteiger partial charge in [0.1, 0.15) is 18.1 Å². The predicted octanol–water partition coefficient (Wildman–Crippen LogP) is 4.03. The fraction of sp³-hybridized carbons (Fsp3) is 0.704. The first-order valence-corrected chi connectivity index (χ1v) is 12.9. The van der Waals surface area contributed by atoms with Crippen molar-refractivity contribution in [2.24, 2.45) is 28.6 Å². The van der Waals surface area contributed by atoms with E-state index in [1.165, 1.54) is 12.5 Å². The number of Topliss-reactive ketones (excluding diaryl/α,β-unsaturated/α-hetero) is 1. The number of carbonyl (C=O) groups is 2. The van der Waals surface area contributed by atoms with Crippen LogP contribution in [0.4, 0.5) is 0 Å². The molecule has 3 fully saturated rings. The maximum atomic E-state index is 12.7. The van der Waals surface area contributed by atoms with Crippen molar-refractivity contribution >= 4 is 24.4 Å². The molecule has 2 aliphatic carbocycles. The standard InChI is InChI=1S/C27H40O6S/c1-16-6-9-23-26(4,11-10-24(30)27(23,5)15-28)21(16)8-7-20-18(3)32-13-22(20)33-25(31)19(14-34)12-17(2)29/h7,19,21-24,28,30,34H,1,3,6,8-15H2,2,4-5H3/b20-7-/t19?,21-,22?,23?,24-,26+,27+/m1/s1. The van der Waals surface area contributed by atoms with Gasteiger partial charge in [-0.15, -0.1) is 0 Å². The lowest BCUT2D eigenvalue weighted by atomic mass is 9.46. The van der Waals surface area contributed by atoms with Crippen LogP contribution in [0, 0.1) is 28.6 Å². The van der Waals surface area contributed by atoms with Crippen molar-refractivity contribution in [1.29, 1.82) is 0 Å². The topological polar surface area (TPSA) is 93.1 Å². The minimum atomic E-state index is -0.585. The predicted molar refractivity (Wildman–Crippen MR) is 134 cm³/mol. The highest BCUT2D eigenvalue weighted by atomic mass is 32.1. The number of hydrogen-bond acceptors (Lipinski definition) is 7. The van der Waals surface area contributed by atoms with E-state index in [9.17, 15) is 19.8 Å². The summed E-state index contributed by atoms with van der Waals surface area (Å²) in [6, 6.07) is 0. The average molecular weight is 493 g/mol. The van der Waals surface area contributed by atoms with Crippen molar-refractivity contribution < 1.29 is 29.3 Å². The van der Waals surface area contributed by atoms with Crippen molar-refractivity contribution in [1.82, 2.24) is 0 Å². The lowest BCUT2D eigenvalue weighted by Gasteiger charge is -2.59. The van der Waals surface area contributed by atoms with Crippen LogP contribution in [0.25, 0.3) is 0 Å². The van der Waals surface area contributed by atoms with E-state index < -0.39 is 29.5 Å². The van der Waals surface area contributed by atoms with Crippen LogP contribution in [0.5, 0.6) is 0 Å². The quantitative estimate of drug-likeness (QED) is 0.269. The smallest absolute Gasteiger partial charge is 0.310 e. The fourth-order valence-corrected chi connectivity index (χ4v) is 6.84. The Hall–Kier alpha value is -1.57. The molecule has 0 spiro atoms. The second kappa shape index (κ2) is 10.6. The highest BCUT2D eigenvalue weighted by Crippen LogP contribution is 2.61. The lowest BCUT2D eigenvalue weighted by Crippen LogP contribution is -2.57. The number of allylic oxidation sites excluding steroid dienone is 2. The molecule has 7 atom stereocenters. The van der Waals surface area contributed by atoms with Crippen molar-refractivity contribution in [3.63, 3.8) is 0 Å². The first-order valence-electron chi connectivity index (χ1n) is 12.3. The molecule has 1 saturated heterocycles. The molecule has 34 heavy (non-hydrogen) atoms. The van der Waals surface area contributed by atoms with Gasteiger partial charge < -0.3 is 24.5 Å². The number of esters is 1. The molecule has 2 N–H and O–H groups in total. The molecule has 2 saturated carbocycles. The SMILES string of the molecule is C=C1OCC(OC(=O)C(CS)CC(C)=O)/C1=C\C[C@@H]1C(=C)CCC2[C@](C)(CO)[C@H](O)CC[C@]21C. The van der Waals surface area contributed by atoms with Crippen LogP contribution in [0.15, 0.2) is 36.1 Å². The van der Waals surface area contributed by atoms with E-state index in [2.05, 4.69) is 38.8 Å². The molecule has 0 aromatic carbocycles. The maximum absolute atomic E-state index is 12.7. The van der Waals surface area contributed by atoms with Gasteiger partial charge in [0.2, 0.25) is 0 Å². The lowest BCUT2D eigenvalue weighted by molar-refractivity contribution is -0.153. The monoisotopic (exact) mass is 492 g/mol. The number of hydrogen-bond donors (Lipinski definition) is 3.